The summed E-state index contributed by atoms with van der Waals surface area (Å²) in [4.78, 5) is 23.1. The van der Waals surface area contributed by atoms with Crippen molar-refractivity contribution in [3.05, 3.63) is 75.5 Å². The van der Waals surface area contributed by atoms with Crippen molar-refractivity contribution in [3.63, 3.8) is 0 Å². The predicted molar refractivity (Wildman–Crippen MR) is 107 cm³/mol. The van der Waals surface area contributed by atoms with Crippen molar-refractivity contribution in [3.8, 4) is 17.1 Å². The zero-order chi connectivity index (χ0) is 23.5. The molecule has 0 saturated heterocycles. The van der Waals surface area contributed by atoms with Crippen LogP contribution in [0, 0.1) is 21.7 Å². The maximum atomic E-state index is 13.7. The molecule has 2 aromatic heterocycles. The number of halogens is 2. The van der Waals surface area contributed by atoms with E-state index in [1.165, 1.54) is 24.3 Å². The normalized spacial score (nSPS) is 11.1. The second-order valence-electron chi connectivity index (χ2n) is 6.34. The van der Waals surface area contributed by atoms with E-state index in [2.05, 4.69) is 35.8 Å². The molecule has 0 radical (unpaired) electrons. The molecule has 13 nitrogen and oxygen atoms in total. The van der Waals surface area contributed by atoms with Crippen LogP contribution in [0.4, 0.5) is 20.3 Å². The highest BCUT2D eigenvalue weighted by molar-refractivity contribution is 5.98. The molecular weight excluding hydrogens is 444 g/mol. The highest BCUT2D eigenvalue weighted by atomic mass is 19.1. The summed E-state index contributed by atoms with van der Waals surface area (Å²) >= 11 is 0. The first-order valence-electron chi connectivity index (χ1n) is 8.92. The minimum Gasteiger partial charge on any atom is -0.378 e. The van der Waals surface area contributed by atoms with E-state index in [9.17, 15) is 23.7 Å². The summed E-state index contributed by atoms with van der Waals surface area (Å²) in [5.74, 6) is -2.73. The highest BCUT2D eigenvalue weighted by Gasteiger charge is 2.25. The molecule has 2 aromatic carbocycles. The van der Waals surface area contributed by atoms with Crippen LogP contribution in [0.3, 0.4) is 0 Å². The Labute approximate surface area is 181 Å². The fourth-order valence-corrected chi connectivity index (χ4v) is 2.74. The molecule has 0 spiro atoms. The first kappa shape index (κ1) is 21.2. The number of non-ortho nitro benzene ring substituents is 1. The van der Waals surface area contributed by atoms with E-state index in [0.717, 1.165) is 23.0 Å². The number of anilines is 1. The van der Waals surface area contributed by atoms with Gasteiger partial charge in [0.1, 0.15) is 17.3 Å². The molecule has 2 heterocycles. The van der Waals surface area contributed by atoms with Crippen molar-refractivity contribution in [2.45, 2.75) is 0 Å². The summed E-state index contributed by atoms with van der Waals surface area (Å²) in [6.45, 7) is 0. The second-order valence-corrected chi connectivity index (χ2v) is 6.34. The number of rotatable bonds is 6. The van der Waals surface area contributed by atoms with Gasteiger partial charge in [0.05, 0.1) is 11.1 Å². The number of hydrogen-bond acceptors (Lipinski definition) is 10. The summed E-state index contributed by atoms with van der Waals surface area (Å²) in [7, 11) is 0. The zero-order valence-electron chi connectivity index (χ0n) is 16.2. The number of nitrogen functional groups attached to an aromatic ring is 1. The Bertz CT molecular complexity index is 1380. The third kappa shape index (κ3) is 4.22. The maximum Gasteiger partial charge on any atom is 0.294 e. The lowest BCUT2D eigenvalue weighted by atomic mass is 10.1. The standard InChI is InChI=1S/C18H11F2N9O4/c19-11-4-1-10(13(20)7-11)8-22-24-18(30)14-15(9-2-5-12(6-3-9)29(31)32)28(27-23-14)17-16(21)25-33-26-17/h1-8H,(H2,21,25)(H,24,30)/b22-8+. The Hall–Kier alpha value is -5.08. The van der Waals surface area contributed by atoms with E-state index in [4.69, 9.17) is 5.73 Å². The Kier molecular flexibility index (Phi) is 5.50. The van der Waals surface area contributed by atoms with Crippen molar-refractivity contribution < 1.29 is 23.1 Å². The predicted octanol–water partition coefficient (Wildman–Crippen LogP) is 1.85. The molecule has 0 aliphatic heterocycles. The molecule has 0 aliphatic carbocycles. The monoisotopic (exact) mass is 455 g/mol. The van der Waals surface area contributed by atoms with Gasteiger partial charge in [-0.25, -0.2) is 18.8 Å². The van der Waals surface area contributed by atoms with E-state index in [1.54, 1.807) is 0 Å². The Morgan fingerprint density at radius 3 is 2.61 bits per heavy atom. The van der Waals surface area contributed by atoms with Crippen LogP contribution in [0.1, 0.15) is 16.1 Å². The number of nitrogens with two attached hydrogens (primary N) is 1. The molecule has 0 unspecified atom stereocenters. The van der Waals surface area contributed by atoms with Crippen molar-refractivity contribution in [2.24, 2.45) is 5.10 Å². The lowest BCUT2D eigenvalue weighted by molar-refractivity contribution is -0.384. The van der Waals surface area contributed by atoms with Gasteiger partial charge in [-0.15, -0.1) is 5.10 Å². The molecule has 33 heavy (non-hydrogen) atoms. The lowest BCUT2D eigenvalue weighted by Gasteiger charge is -2.05. The summed E-state index contributed by atoms with van der Waals surface area (Å²) in [6.07, 6.45) is 0.974. The van der Waals surface area contributed by atoms with Gasteiger partial charge in [-0.05, 0) is 34.6 Å². The smallest absolute Gasteiger partial charge is 0.294 e. The average molecular weight is 455 g/mol. The van der Waals surface area contributed by atoms with Gasteiger partial charge in [-0.3, -0.25) is 14.9 Å². The van der Waals surface area contributed by atoms with Crippen LogP contribution in [0.2, 0.25) is 0 Å². The number of hydrazone groups is 1. The van der Waals surface area contributed by atoms with Gasteiger partial charge in [0.15, 0.2) is 5.69 Å². The number of amides is 1. The number of aromatic nitrogens is 5. The molecule has 0 fully saturated rings. The van der Waals surface area contributed by atoms with Crippen LogP contribution < -0.4 is 11.2 Å². The topological polar surface area (TPSA) is 180 Å². The summed E-state index contributed by atoms with van der Waals surface area (Å²) < 4.78 is 32.3. The van der Waals surface area contributed by atoms with Gasteiger partial charge >= 0.3 is 0 Å². The Morgan fingerprint density at radius 2 is 1.97 bits per heavy atom. The Balaban J connectivity index is 1.69. The van der Waals surface area contributed by atoms with E-state index >= 15 is 0 Å². The van der Waals surface area contributed by atoms with Crippen LogP contribution in [-0.2, 0) is 0 Å². The average Bonchev–Trinajstić information content (AvgIpc) is 3.41. The van der Waals surface area contributed by atoms with Gasteiger partial charge in [-0.1, -0.05) is 5.21 Å². The second kappa shape index (κ2) is 8.58. The van der Waals surface area contributed by atoms with Crippen LogP contribution in [0.25, 0.3) is 17.1 Å². The lowest BCUT2D eigenvalue weighted by Crippen LogP contribution is -2.19. The number of carbonyl (C=O) groups is 1. The number of nitrogens with zero attached hydrogens (tertiary/aromatic N) is 7. The minimum atomic E-state index is -0.875. The van der Waals surface area contributed by atoms with Crippen molar-refractivity contribution in [2.75, 3.05) is 5.73 Å². The molecule has 166 valence electrons. The Morgan fingerprint density at radius 1 is 1.21 bits per heavy atom. The van der Waals surface area contributed by atoms with Crippen LogP contribution in [0.5, 0.6) is 0 Å². The molecule has 3 N–H and O–H groups in total. The fourth-order valence-electron chi connectivity index (χ4n) is 2.74. The third-order valence-electron chi connectivity index (χ3n) is 4.27. The van der Waals surface area contributed by atoms with Crippen molar-refractivity contribution in [1.29, 1.82) is 0 Å². The maximum absolute atomic E-state index is 13.7. The van der Waals surface area contributed by atoms with Crippen LogP contribution >= 0.6 is 0 Å². The van der Waals surface area contributed by atoms with Gasteiger partial charge in [0, 0.05) is 29.3 Å². The number of benzene rings is 2. The summed E-state index contributed by atoms with van der Waals surface area (Å²) in [5, 5.41) is 29.3. The highest BCUT2D eigenvalue weighted by Crippen LogP contribution is 2.28. The van der Waals surface area contributed by atoms with E-state index in [0.29, 0.717) is 11.6 Å². The molecule has 0 bridgehead atoms. The molecule has 4 aromatic rings. The van der Waals surface area contributed by atoms with Crippen LogP contribution in [-0.4, -0.2) is 42.4 Å². The van der Waals surface area contributed by atoms with E-state index < -0.39 is 22.5 Å². The minimum absolute atomic E-state index is 0.0490. The SMILES string of the molecule is Nc1nonc1-n1nnc(C(=O)N/N=C/c2ccc(F)cc2F)c1-c1ccc([N+](=O)[O-])cc1. The number of nitro benzene ring substituents is 1. The fraction of sp³-hybridized carbons (Fsp3) is 0. The number of hydrogen-bond donors (Lipinski definition) is 2. The zero-order valence-corrected chi connectivity index (χ0v) is 16.2. The molecule has 0 saturated carbocycles. The molecule has 15 heteroatoms. The number of carbonyl (C=O) groups excluding carboxylic acids is 1. The largest absolute Gasteiger partial charge is 0.378 e. The number of nitrogens with one attached hydrogen (secondary N) is 1. The van der Waals surface area contributed by atoms with Crippen LogP contribution in [0.15, 0.2) is 52.2 Å². The quantitative estimate of drug-likeness (QED) is 0.249. The third-order valence-corrected chi connectivity index (χ3v) is 4.27. The van der Waals surface area contributed by atoms with Crippen molar-refractivity contribution >= 4 is 23.6 Å². The van der Waals surface area contributed by atoms with Gasteiger partial charge in [0.2, 0.25) is 11.6 Å². The summed E-state index contributed by atoms with van der Waals surface area (Å²) in [5.41, 5.74) is 7.70. The molecule has 0 atom stereocenters. The molecular formula is C18H11F2N9O4. The van der Waals surface area contributed by atoms with Gasteiger partial charge in [-0.2, -0.15) is 9.78 Å². The van der Waals surface area contributed by atoms with Crippen molar-refractivity contribution in [1.82, 2.24) is 30.7 Å². The molecule has 0 aliphatic rings. The van der Waals surface area contributed by atoms with E-state index in [1.807, 2.05) is 0 Å². The summed E-state index contributed by atoms with van der Waals surface area (Å²) in [6, 6.07) is 8.00. The molecule has 4 rings (SSSR count). The van der Waals surface area contributed by atoms with Gasteiger partial charge < -0.3 is 5.73 Å². The van der Waals surface area contributed by atoms with E-state index in [-0.39, 0.29) is 34.3 Å². The first-order valence-corrected chi connectivity index (χ1v) is 8.92. The first-order chi connectivity index (χ1) is 15.8. The molecule has 1 amide bonds. The number of nitro groups is 1. The van der Waals surface area contributed by atoms with Gasteiger partial charge in [0.25, 0.3) is 11.6 Å².